The summed E-state index contributed by atoms with van der Waals surface area (Å²) in [6, 6.07) is 7.95. The van der Waals surface area contributed by atoms with Gasteiger partial charge in [-0.2, -0.15) is 0 Å². The van der Waals surface area contributed by atoms with E-state index in [-0.39, 0.29) is 44.9 Å². The second-order valence-corrected chi connectivity index (χ2v) is 6.06. The summed E-state index contributed by atoms with van der Waals surface area (Å²) in [6.45, 7) is 1.60. The maximum atomic E-state index is 12.5. The highest BCUT2D eigenvalue weighted by Crippen LogP contribution is 2.41. The zero-order chi connectivity index (χ0) is 20.4. The molecule has 0 aliphatic heterocycles. The quantitative estimate of drug-likeness (QED) is 0.302. The molecule has 0 saturated carbocycles. The molecule has 144 valence electrons. The van der Waals surface area contributed by atoms with Crippen LogP contribution in [-0.4, -0.2) is 25.1 Å². The first-order chi connectivity index (χ1) is 13.4. The number of benzene rings is 2. The first kappa shape index (κ1) is 19.0. The topological polar surface area (TPSA) is 112 Å². The Morgan fingerprint density at radius 3 is 2.64 bits per heavy atom. The van der Waals surface area contributed by atoms with Gasteiger partial charge >= 0.3 is 0 Å². The third kappa shape index (κ3) is 3.29. The van der Waals surface area contributed by atoms with E-state index >= 15 is 0 Å². The van der Waals surface area contributed by atoms with Gasteiger partial charge in [-0.05, 0) is 31.2 Å². The van der Waals surface area contributed by atoms with Crippen LogP contribution < -0.4 is 20.6 Å². The van der Waals surface area contributed by atoms with Crippen LogP contribution in [-0.2, 0) is 0 Å². The van der Waals surface area contributed by atoms with Gasteiger partial charge in [0, 0.05) is 11.6 Å². The third-order valence-electron chi connectivity index (χ3n) is 4.26. The van der Waals surface area contributed by atoms with E-state index in [1.807, 2.05) is 0 Å². The van der Waals surface area contributed by atoms with Crippen LogP contribution in [0.25, 0.3) is 17.0 Å². The predicted molar refractivity (Wildman–Crippen MR) is 106 cm³/mol. The number of hydrogen-bond donors (Lipinski definition) is 2. The SMILES string of the molecule is COc1cccc(C(=O)/C=C/c2c(O)c(N)c3oc(C)cc(=O)c3c2OC)c1. The molecule has 2 aromatic carbocycles. The summed E-state index contributed by atoms with van der Waals surface area (Å²) in [5, 5.41) is 10.6. The van der Waals surface area contributed by atoms with Crippen molar-refractivity contribution in [1.82, 2.24) is 0 Å². The maximum Gasteiger partial charge on any atom is 0.196 e. The van der Waals surface area contributed by atoms with Crippen molar-refractivity contribution in [1.29, 1.82) is 0 Å². The van der Waals surface area contributed by atoms with E-state index in [4.69, 9.17) is 19.6 Å². The van der Waals surface area contributed by atoms with Gasteiger partial charge in [-0.15, -0.1) is 0 Å². The number of ether oxygens (including phenoxy) is 2. The molecule has 3 rings (SSSR count). The number of allylic oxidation sites excluding steroid dienone is 1. The van der Waals surface area contributed by atoms with Crippen LogP contribution in [0.3, 0.4) is 0 Å². The predicted octanol–water partition coefficient (Wildman–Crippen LogP) is 3.30. The maximum absolute atomic E-state index is 12.5. The number of nitrogen functional groups attached to an aromatic ring is 1. The Balaban J connectivity index is 2.15. The zero-order valence-corrected chi connectivity index (χ0v) is 15.6. The fraction of sp³-hybridized carbons (Fsp3) is 0.143. The summed E-state index contributed by atoms with van der Waals surface area (Å²) >= 11 is 0. The number of carbonyl (C=O) groups excluding carboxylic acids is 1. The molecule has 1 heterocycles. The molecule has 7 heteroatoms. The molecule has 1 aromatic heterocycles. The van der Waals surface area contributed by atoms with E-state index in [0.29, 0.717) is 17.1 Å². The molecule has 3 N–H and O–H groups in total. The van der Waals surface area contributed by atoms with Gasteiger partial charge in [0.2, 0.25) is 0 Å². The lowest BCUT2D eigenvalue weighted by Gasteiger charge is -2.13. The molecule has 0 bridgehead atoms. The number of anilines is 1. The number of aromatic hydroxyl groups is 1. The molecule has 0 atom stereocenters. The van der Waals surface area contributed by atoms with Gasteiger partial charge < -0.3 is 24.7 Å². The number of carbonyl (C=O) groups is 1. The van der Waals surface area contributed by atoms with E-state index in [9.17, 15) is 14.7 Å². The first-order valence-electron chi connectivity index (χ1n) is 8.36. The normalized spacial score (nSPS) is 11.1. The standard InChI is InChI=1S/C21H19NO6/c1-11-9-16(24)17-20(27-3)14(19(25)18(22)21(17)28-11)7-8-15(23)12-5-4-6-13(10-12)26-2/h4-10,25H,22H2,1-3H3/b8-7+. The summed E-state index contributed by atoms with van der Waals surface area (Å²) in [5.41, 5.74) is 6.04. The monoisotopic (exact) mass is 381 g/mol. The third-order valence-corrected chi connectivity index (χ3v) is 4.26. The largest absolute Gasteiger partial charge is 0.505 e. The molecule has 0 amide bonds. The molecule has 0 fully saturated rings. The van der Waals surface area contributed by atoms with Crippen molar-refractivity contribution in [3.63, 3.8) is 0 Å². The van der Waals surface area contributed by atoms with Gasteiger partial charge in [0.15, 0.2) is 22.5 Å². The van der Waals surface area contributed by atoms with Crippen LogP contribution in [0.5, 0.6) is 17.2 Å². The van der Waals surface area contributed by atoms with Gasteiger partial charge in [0.25, 0.3) is 0 Å². The average Bonchev–Trinajstić information content (AvgIpc) is 2.69. The lowest BCUT2D eigenvalue weighted by Crippen LogP contribution is -2.06. The van der Waals surface area contributed by atoms with Crippen molar-refractivity contribution in [3.05, 3.63) is 63.5 Å². The molecular weight excluding hydrogens is 362 g/mol. The minimum Gasteiger partial charge on any atom is -0.505 e. The minimum absolute atomic E-state index is 0.0376. The highest BCUT2D eigenvalue weighted by Gasteiger charge is 2.21. The van der Waals surface area contributed by atoms with Gasteiger partial charge in [-0.1, -0.05) is 12.1 Å². The molecule has 0 unspecified atom stereocenters. The summed E-state index contributed by atoms with van der Waals surface area (Å²) in [7, 11) is 2.86. The van der Waals surface area contributed by atoms with E-state index in [0.717, 1.165) is 0 Å². The summed E-state index contributed by atoms with van der Waals surface area (Å²) in [4.78, 5) is 24.9. The van der Waals surface area contributed by atoms with Gasteiger partial charge in [-0.3, -0.25) is 9.59 Å². The molecule has 0 aliphatic rings. The minimum atomic E-state index is -0.365. The molecule has 28 heavy (non-hydrogen) atoms. The fourth-order valence-corrected chi connectivity index (χ4v) is 2.91. The molecule has 0 saturated heterocycles. The highest BCUT2D eigenvalue weighted by molar-refractivity contribution is 6.08. The molecule has 0 spiro atoms. The molecule has 0 radical (unpaired) electrons. The number of fused-ring (bicyclic) bond motifs is 1. The van der Waals surface area contributed by atoms with Gasteiger partial charge in [0.1, 0.15) is 28.3 Å². The second-order valence-electron chi connectivity index (χ2n) is 6.06. The Morgan fingerprint density at radius 1 is 1.21 bits per heavy atom. The Kier molecular flexibility index (Phi) is 5.08. The van der Waals surface area contributed by atoms with Crippen LogP contribution in [0, 0.1) is 6.92 Å². The van der Waals surface area contributed by atoms with Crippen LogP contribution in [0.1, 0.15) is 21.7 Å². The van der Waals surface area contributed by atoms with E-state index in [1.54, 1.807) is 31.2 Å². The van der Waals surface area contributed by atoms with Crippen LogP contribution in [0.2, 0.25) is 0 Å². The number of methoxy groups -OCH3 is 2. The number of rotatable bonds is 5. The van der Waals surface area contributed by atoms with Crippen molar-refractivity contribution >= 4 is 28.5 Å². The number of phenolic OH excluding ortho intramolecular Hbond substituents is 1. The second kappa shape index (κ2) is 7.48. The number of nitrogens with two attached hydrogens (primary N) is 1. The van der Waals surface area contributed by atoms with Crippen LogP contribution in [0.4, 0.5) is 5.69 Å². The summed E-state index contributed by atoms with van der Waals surface area (Å²) < 4.78 is 15.9. The smallest absolute Gasteiger partial charge is 0.196 e. The Hall–Kier alpha value is -3.74. The van der Waals surface area contributed by atoms with Crippen molar-refractivity contribution in [3.8, 4) is 17.2 Å². The average molecular weight is 381 g/mol. The number of ketones is 1. The summed E-state index contributed by atoms with van der Waals surface area (Å²) in [6.07, 6.45) is 2.61. The Morgan fingerprint density at radius 2 is 1.96 bits per heavy atom. The van der Waals surface area contributed by atoms with Crippen LogP contribution >= 0.6 is 0 Å². The number of phenols is 1. The van der Waals surface area contributed by atoms with Crippen molar-refractivity contribution in [2.45, 2.75) is 6.92 Å². The van der Waals surface area contributed by atoms with E-state index in [1.165, 1.54) is 32.4 Å². The lowest BCUT2D eigenvalue weighted by molar-refractivity contribution is 0.104. The molecule has 3 aromatic rings. The Bertz CT molecular complexity index is 1160. The van der Waals surface area contributed by atoms with Gasteiger partial charge in [0.05, 0.1) is 19.8 Å². The Labute approximate surface area is 160 Å². The van der Waals surface area contributed by atoms with Crippen LogP contribution in [0.15, 0.2) is 45.6 Å². The van der Waals surface area contributed by atoms with Crippen molar-refractivity contribution < 1.29 is 23.8 Å². The fourth-order valence-electron chi connectivity index (χ4n) is 2.91. The van der Waals surface area contributed by atoms with Gasteiger partial charge in [-0.25, -0.2) is 0 Å². The summed E-state index contributed by atoms with van der Waals surface area (Å²) in [5.74, 6) is 0.303. The lowest BCUT2D eigenvalue weighted by atomic mass is 10.0. The number of hydrogen-bond acceptors (Lipinski definition) is 7. The highest BCUT2D eigenvalue weighted by atomic mass is 16.5. The van der Waals surface area contributed by atoms with E-state index < -0.39 is 0 Å². The molecular formula is C21H19NO6. The van der Waals surface area contributed by atoms with E-state index in [2.05, 4.69) is 0 Å². The first-order valence-corrected chi connectivity index (χ1v) is 8.36. The zero-order valence-electron chi connectivity index (χ0n) is 15.6. The van der Waals surface area contributed by atoms with Crippen molar-refractivity contribution in [2.24, 2.45) is 0 Å². The molecule has 0 aliphatic carbocycles. The van der Waals surface area contributed by atoms with Crippen molar-refractivity contribution in [2.75, 3.05) is 20.0 Å². The number of aryl methyl sites for hydroxylation is 1. The molecule has 7 nitrogen and oxygen atoms in total.